The first-order chi connectivity index (χ1) is 6.04. The first-order valence-electron chi connectivity index (χ1n) is 4.09. The topological polar surface area (TPSA) is 43.1 Å². The van der Waals surface area contributed by atoms with Crippen LogP contribution in [0.2, 0.25) is 0 Å². The van der Waals surface area contributed by atoms with Gasteiger partial charge in [0.05, 0.1) is 0 Å². The Hall–Kier alpha value is -1.57. The van der Waals surface area contributed by atoms with E-state index in [0.29, 0.717) is 5.57 Å². The molecular weight excluding hydrogens is 162 g/mol. The molecule has 0 aliphatic rings. The molecule has 0 atom stereocenters. The molecule has 0 aliphatic carbocycles. The van der Waals surface area contributed by atoms with Crippen molar-refractivity contribution in [2.24, 2.45) is 5.73 Å². The minimum atomic E-state index is -0.461. The van der Waals surface area contributed by atoms with Gasteiger partial charge < -0.3 is 5.73 Å². The molecule has 0 unspecified atom stereocenters. The van der Waals surface area contributed by atoms with E-state index in [1.807, 2.05) is 32.0 Å². The van der Waals surface area contributed by atoms with Crippen molar-refractivity contribution < 1.29 is 4.79 Å². The standard InChI is InChI=1S/C11H13NO/c1-7-5-4-6-8(2)10(7)9(3)11(12)13/h4-6H,3H2,1-2H3,(H2,12,13). The van der Waals surface area contributed by atoms with Gasteiger partial charge in [0.15, 0.2) is 0 Å². The van der Waals surface area contributed by atoms with E-state index in [9.17, 15) is 4.79 Å². The molecule has 68 valence electrons. The summed E-state index contributed by atoms with van der Waals surface area (Å²) < 4.78 is 0. The lowest BCUT2D eigenvalue weighted by Crippen LogP contribution is -2.13. The molecule has 0 heterocycles. The van der Waals surface area contributed by atoms with E-state index in [-0.39, 0.29) is 0 Å². The molecule has 2 heteroatoms. The fourth-order valence-electron chi connectivity index (χ4n) is 1.41. The van der Waals surface area contributed by atoms with Crippen LogP contribution in [0.1, 0.15) is 16.7 Å². The van der Waals surface area contributed by atoms with E-state index in [2.05, 4.69) is 6.58 Å². The zero-order valence-corrected chi connectivity index (χ0v) is 7.92. The van der Waals surface area contributed by atoms with Crippen molar-refractivity contribution in [3.05, 3.63) is 41.5 Å². The van der Waals surface area contributed by atoms with E-state index < -0.39 is 5.91 Å². The van der Waals surface area contributed by atoms with Crippen LogP contribution in [0.5, 0.6) is 0 Å². The van der Waals surface area contributed by atoms with Crippen LogP contribution in [0.3, 0.4) is 0 Å². The van der Waals surface area contributed by atoms with Crippen molar-refractivity contribution in [3.8, 4) is 0 Å². The smallest absolute Gasteiger partial charge is 0.248 e. The zero-order valence-electron chi connectivity index (χ0n) is 7.92. The third-order valence-corrected chi connectivity index (χ3v) is 2.08. The highest BCUT2D eigenvalue weighted by atomic mass is 16.1. The predicted molar refractivity (Wildman–Crippen MR) is 54.1 cm³/mol. The Labute approximate surface area is 78.1 Å². The molecule has 1 aromatic rings. The zero-order chi connectivity index (χ0) is 10.0. The maximum atomic E-state index is 10.9. The van der Waals surface area contributed by atoms with Crippen molar-refractivity contribution in [1.82, 2.24) is 0 Å². The summed E-state index contributed by atoms with van der Waals surface area (Å²) in [7, 11) is 0. The van der Waals surface area contributed by atoms with Crippen LogP contribution in [0, 0.1) is 13.8 Å². The SMILES string of the molecule is C=C(C(N)=O)c1c(C)cccc1C. The number of hydrogen-bond donors (Lipinski definition) is 1. The Morgan fingerprint density at radius 1 is 1.31 bits per heavy atom. The lowest BCUT2D eigenvalue weighted by molar-refractivity contribution is -0.112. The van der Waals surface area contributed by atoms with Crippen molar-refractivity contribution in [2.75, 3.05) is 0 Å². The molecule has 1 amide bonds. The second kappa shape index (κ2) is 3.44. The van der Waals surface area contributed by atoms with Crippen LogP contribution < -0.4 is 5.73 Å². The molecule has 2 nitrogen and oxygen atoms in total. The molecule has 1 rings (SSSR count). The van der Waals surface area contributed by atoms with Crippen LogP contribution in [0.25, 0.3) is 5.57 Å². The van der Waals surface area contributed by atoms with Gasteiger partial charge in [0.25, 0.3) is 0 Å². The highest BCUT2D eigenvalue weighted by molar-refractivity contribution is 6.18. The highest BCUT2D eigenvalue weighted by Gasteiger charge is 2.09. The molecule has 1 aromatic carbocycles. The van der Waals surface area contributed by atoms with Gasteiger partial charge in [-0.3, -0.25) is 4.79 Å². The summed E-state index contributed by atoms with van der Waals surface area (Å²) in [5.74, 6) is -0.461. The summed E-state index contributed by atoms with van der Waals surface area (Å²) in [6.07, 6.45) is 0. The minimum absolute atomic E-state index is 0.385. The molecule has 13 heavy (non-hydrogen) atoms. The number of primary amides is 1. The van der Waals surface area contributed by atoms with Crippen LogP contribution >= 0.6 is 0 Å². The summed E-state index contributed by atoms with van der Waals surface area (Å²) in [6, 6.07) is 5.83. The van der Waals surface area contributed by atoms with Gasteiger partial charge in [0, 0.05) is 5.57 Å². The van der Waals surface area contributed by atoms with Gasteiger partial charge in [-0.1, -0.05) is 24.8 Å². The van der Waals surface area contributed by atoms with E-state index in [1.54, 1.807) is 0 Å². The molecule has 0 aromatic heterocycles. The highest BCUT2D eigenvalue weighted by Crippen LogP contribution is 2.20. The van der Waals surface area contributed by atoms with E-state index in [4.69, 9.17) is 5.73 Å². The van der Waals surface area contributed by atoms with Crippen LogP contribution in [0.4, 0.5) is 0 Å². The summed E-state index contributed by atoms with van der Waals surface area (Å²) in [4.78, 5) is 10.9. The van der Waals surface area contributed by atoms with Gasteiger partial charge in [0.2, 0.25) is 5.91 Å². The molecule has 0 spiro atoms. The Balaban J connectivity index is 3.28. The molecule has 0 aliphatic heterocycles. The number of carbonyl (C=O) groups excluding carboxylic acids is 1. The summed E-state index contributed by atoms with van der Waals surface area (Å²) in [5.41, 5.74) is 8.49. The molecule has 0 bridgehead atoms. The lowest BCUT2D eigenvalue weighted by atomic mass is 9.96. The van der Waals surface area contributed by atoms with Gasteiger partial charge in [0.1, 0.15) is 0 Å². The number of amides is 1. The fraction of sp³-hybridized carbons (Fsp3) is 0.182. The van der Waals surface area contributed by atoms with Gasteiger partial charge in [-0.25, -0.2) is 0 Å². The van der Waals surface area contributed by atoms with Gasteiger partial charge in [-0.2, -0.15) is 0 Å². The molecule has 0 fully saturated rings. The van der Waals surface area contributed by atoms with E-state index >= 15 is 0 Å². The Morgan fingerprint density at radius 2 is 1.77 bits per heavy atom. The van der Waals surface area contributed by atoms with Gasteiger partial charge >= 0.3 is 0 Å². The average molecular weight is 175 g/mol. The normalized spacial score (nSPS) is 9.69. The van der Waals surface area contributed by atoms with Crippen molar-refractivity contribution >= 4 is 11.5 Å². The molecule has 0 saturated heterocycles. The fourth-order valence-corrected chi connectivity index (χ4v) is 1.41. The predicted octanol–water partition coefficient (Wildman–Crippen LogP) is 1.80. The Morgan fingerprint density at radius 3 is 2.15 bits per heavy atom. The number of hydrogen-bond acceptors (Lipinski definition) is 1. The van der Waals surface area contributed by atoms with Crippen molar-refractivity contribution in [1.29, 1.82) is 0 Å². The van der Waals surface area contributed by atoms with Crippen LogP contribution in [0.15, 0.2) is 24.8 Å². The first kappa shape index (κ1) is 9.52. The molecule has 0 radical (unpaired) electrons. The van der Waals surface area contributed by atoms with E-state index in [1.165, 1.54) is 0 Å². The second-order valence-corrected chi connectivity index (χ2v) is 3.11. The maximum absolute atomic E-state index is 10.9. The Bertz CT molecular complexity index is 346. The number of aryl methyl sites for hydroxylation is 2. The van der Waals surface area contributed by atoms with Gasteiger partial charge in [-0.05, 0) is 30.5 Å². The van der Waals surface area contributed by atoms with Crippen LogP contribution in [-0.2, 0) is 4.79 Å². The summed E-state index contributed by atoms with van der Waals surface area (Å²) >= 11 is 0. The number of rotatable bonds is 2. The third kappa shape index (κ3) is 1.78. The average Bonchev–Trinajstić information content (AvgIpc) is 2.03. The van der Waals surface area contributed by atoms with Crippen LogP contribution in [-0.4, -0.2) is 5.91 Å². The monoisotopic (exact) mass is 175 g/mol. The van der Waals surface area contributed by atoms with Crippen molar-refractivity contribution in [3.63, 3.8) is 0 Å². The summed E-state index contributed by atoms with van der Waals surface area (Å²) in [6.45, 7) is 7.55. The minimum Gasteiger partial charge on any atom is -0.366 e. The number of carbonyl (C=O) groups is 1. The van der Waals surface area contributed by atoms with E-state index in [0.717, 1.165) is 16.7 Å². The molecule has 0 saturated carbocycles. The molecular formula is C11H13NO. The quantitative estimate of drug-likeness (QED) is 0.684. The number of benzene rings is 1. The summed E-state index contributed by atoms with van der Waals surface area (Å²) in [5, 5.41) is 0. The number of nitrogens with two attached hydrogens (primary N) is 1. The second-order valence-electron chi connectivity index (χ2n) is 3.11. The molecule has 2 N–H and O–H groups in total. The maximum Gasteiger partial charge on any atom is 0.248 e. The third-order valence-electron chi connectivity index (χ3n) is 2.08. The van der Waals surface area contributed by atoms with Gasteiger partial charge in [-0.15, -0.1) is 0 Å². The first-order valence-corrected chi connectivity index (χ1v) is 4.09. The Kier molecular flexibility index (Phi) is 2.52. The largest absolute Gasteiger partial charge is 0.366 e. The van der Waals surface area contributed by atoms with Crippen molar-refractivity contribution in [2.45, 2.75) is 13.8 Å². The lowest BCUT2D eigenvalue weighted by Gasteiger charge is -2.09.